The fourth-order valence-electron chi connectivity index (χ4n) is 2.56. The van der Waals surface area contributed by atoms with Crippen molar-refractivity contribution in [3.63, 3.8) is 0 Å². The summed E-state index contributed by atoms with van der Waals surface area (Å²) in [7, 11) is 3.84. The van der Waals surface area contributed by atoms with E-state index in [1.165, 1.54) is 5.69 Å². The second-order valence-electron chi connectivity index (χ2n) is 5.01. The molecule has 2 rings (SSSR count). The summed E-state index contributed by atoms with van der Waals surface area (Å²) in [6.07, 6.45) is 1.14. The van der Waals surface area contributed by atoms with Gasteiger partial charge in [0.25, 0.3) is 0 Å². The number of benzene rings is 1. The summed E-state index contributed by atoms with van der Waals surface area (Å²) in [5, 5.41) is 0.682. The number of ether oxygens (including phenoxy) is 1. The molecule has 0 spiro atoms. The Morgan fingerprint density at radius 2 is 2.33 bits per heavy atom. The number of thioether (sulfide) groups is 1. The van der Waals surface area contributed by atoms with E-state index in [1.54, 1.807) is 7.11 Å². The molecule has 2 N–H and O–H groups in total. The quantitative estimate of drug-likeness (QED) is 0.908. The monoisotopic (exact) mass is 266 g/mol. The zero-order valence-electron chi connectivity index (χ0n) is 11.3. The molecule has 4 heteroatoms. The average molecular weight is 266 g/mol. The van der Waals surface area contributed by atoms with Gasteiger partial charge in [-0.25, -0.2) is 0 Å². The fourth-order valence-corrected chi connectivity index (χ4v) is 4.01. The van der Waals surface area contributed by atoms with Gasteiger partial charge in [0.15, 0.2) is 0 Å². The van der Waals surface area contributed by atoms with Gasteiger partial charge in [0.1, 0.15) is 5.75 Å². The van der Waals surface area contributed by atoms with Crippen LogP contribution in [0.15, 0.2) is 24.3 Å². The standard InChI is InChI=1S/C14H22N2OS/c1-11-8-14(9-15,10-18-11)16(2)12-5-4-6-13(7-12)17-3/h4-7,11H,8-10,15H2,1-3H3. The van der Waals surface area contributed by atoms with Crippen molar-refractivity contribution in [2.24, 2.45) is 5.73 Å². The summed E-state index contributed by atoms with van der Waals surface area (Å²) in [4.78, 5) is 2.33. The zero-order chi connectivity index (χ0) is 13.2. The molecular weight excluding hydrogens is 244 g/mol. The molecule has 0 radical (unpaired) electrons. The van der Waals surface area contributed by atoms with Gasteiger partial charge >= 0.3 is 0 Å². The van der Waals surface area contributed by atoms with Crippen LogP contribution in [0.2, 0.25) is 0 Å². The molecule has 0 aliphatic carbocycles. The third-order valence-electron chi connectivity index (χ3n) is 3.84. The van der Waals surface area contributed by atoms with Crippen LogP contribution in [-0.2, 0) is 0 Å². The first-order chi connectivity index (χ1) is 8.61. The highest BCUT2D eigenvalue weighted by Gasteiger charge is 2.40. The van der Waals surface area contributed by atoms with Gasteiger partial charge in [-0.15, -0.1) is 0 Å². The van der Waals surface area contributed by atoms with Crippen LogP contribution in [0.25, 0.3) is 0 Å². The highest BCUT2D eigenvalue weighted by atomic mass is 32.2. The smallest absolute Gasteiger partial charge is 0.120 e. The topological polar surface area (TPSA) is 38.5 Å². The number of rotatable bonds is 4. The fraction of sp³-hybridized carbons (Fsp3) is 0.571. The largest absolute Gasteiger partial charge is 0.497 e. The third kappa shape index (κ3) is 2.45. The molecule has 1 fully saturated rings. The van der Waals surface area contributed by atoms with Crippen molar-refractivity contribution >= 4 is 17.4 Å². The second-order valence-corrected chi connectivity index (χ2v) is 6.44. The summed E-state index contributed by atoms with van der Waals surface area (Å²) in [6, 6.07) is 8.19. The summed E-state index contributed by atoms with van der Waals surface area (Å²) < 4.78 is 5.29. The Morgan fingerprint density at radius 3 is 2.89 bits per heavy atom. The molecule has 3 nitrogen and oxygen atoms in total. The number of nitrogens with two attached hydrogens (primary N) is 1. The van der Waals surface area contributed by atoms with E-state index in [2.05, 4.69) is 31.0 Å². The van der Waals surface area contributed by atoms with Gasteiger partial charge in [0.2, 0.25) is 0 Å². The number of hydrogen-bond donors (Lipinski definition) is 1. The predicted octanol–water partition coefficient (Wildman–Crippen LogP) is 2.35. The second kappa shape index (κ2) is 5.41. The minimum atomic E-state index is 0.0798. The number of nitrogens with zero attached hydrogens (tertiary/aromatic N) is 1. The normalized spacial score (nSPS) is 27.2. The zero-order valence-corrected chi connectivity index (χ0v) is 12.2. The molecule has 18 heavy (non-hydrogen) atoms. The van der Waals surface area contributed by atoms with E-state index in [-0.39, 0.29) is 5.54 Å². The molecule has 0 saturated carbocycles. The van der Waals surface area contributed by atoms with Crippen LogP contribution in [0.1, 0.15) is 13.3 Å². The molecule has 2 unspecified atom stereocenters. The highest BCUT2D eigenvalue weighted by molar-refractivity contribution is 8.00. The Morgan fingerprint density at radius 1 is 1.56 bits per heavy atom. The van der Waals surface area contributed by atoms with Crippen LogP contribution in [0, 0.1) is 0 Å². The van der Waals surface area contributed by atoms with Crippen molar-refractivity contribution in [3.8, 4) is 5.75 Å². The van der Waals surface area contributed by atoms with E-state index in [9.17, 15) is 0 Å². The first kappa shape index (κ1) is 13.6. The molecule has 0 aromatic heterocycles. The van der Waals surface area contributed by atoms with E-state index >= 15 is 0 Å². The van der Waals surface area contributed by atoms with E-state index < -0.39 is 0 Å². The summed E-state index contributed by atoms with van der Waals surface area (Å²) in [5.41, 5.74) is 7.31. The van der Waals surface area contributed by atoms with E-state index in [4.69, 9.17) is 10.5 Å². The van der Waals surface area contributed by atoms with Crippen molar-refractivity contribution < 1.29 is 4.74 Å². The molecule has 2 atom stereocenters. The molecule has 1 aliphatic heterocycles. The lowest BCUT2D eigenvalue weighted by Gasteiger charge is -2.39. The summed E-state index contributed by atoms with van der Waals surface area (Å²) in [6.45, 7) is 2.97. The van der Waals surface area contributed by atoms with Crippen LogP contribution in [0.3, 0.4) is 0 Å². The number of hydrogen-bond acceptors (Lipinski definition) is 4. The van der Waals surface area contributed by atoms with Crippen LogP contribution in [-0.4, -0.2) is 37.2 Å². The van der Waals surface area contributed by atoms with Gasteiger partial charge < -0.3 is 15.4 Å². The third-order valence-corrected chi connectivity index (χ3v) is 5.28. The Labute approximate surface area is 114 Å². The van der Waals surface area contributed by atoms with Crippen molar-refractivity contribution in [2.45, 2.75) is 24.1 Å². The molecule has 100 valence electrons. The van der Waals surface area contributed by atoms with Crippen molar-refractivity contribution in [1.82, 2.24) is 0 Å². The molecule has 1 aromatic rings. The Balaban J connectivity index is 2.25. The summed E-state index contributed by atoms with van der Waals surface area (Å²) in [5.74, 6) is 1.99. The van der Waals surface area contributed by atoms with Crippen LogP contribution in [0.4, 0.5) is 5.69 Å². The number of methoxy groups -OCH3 is 1. The van der Waals surface area contributed by atoms with Gasteiger partial charge in [-0.1, -0.05) is 13.0 Å². The lowest BCUT2D eigenvalue weighted by Crippen LogP contribution is -2.53. The van der Waals surface area contributed by atoms with E-state index in [0.717, 1.165) is 17.9 Å². The van der Waals surface area contributed by atoms with Crippen molar-refractivity contribution in [3.05, 3.63) is 24.3 Å². The maximum atomic E-state index is 6.05. The first-order valence-corrected chi connectivity index (χ1v) is 7.36. The Hall–Kier alpha value is -0.870. The molecular formula is C14H22N2OS. The predicted molar refractivity (Wildman–Crippen MR) is 79.7 cm³/mol. The maximum absolute atomic E-state index is 6.05. The number of anilines is 1. The van der Waals surface area contributed by atoms with Gasteiger partial charge in [-0.05, 0) is 18.6 Å². The van der Waals surface area contributed by atoms with Crippen LogP contribution >= 0.6 is 11.8 Å². The molecule has 1 aliphatic rings. The lowest BCUT2D eigenvalue weighted by molar-refractivity contribution is 0.413. The molecule has 0 amide bonds. The molecule has 0 bridgehead atoms. The molecule has 1 heterocycles. The van der Waals surface area contributed by atoms with Gasteiger partial charge in [0.05, 0.1) is 12.6 Å². The Kier molecular flexibility index (Phi) is 4.07. The number of likely N-dealkylation sites (N-methyl/N-ethyl adjacent to an activating group) is 1. The minimum Gasteiger partial charge on any atom is -0.497 e. The van der Waals surface area contributed by atoms with Gasteiger partial charge in [0, 0.05) is 36.3 Å². The molecule has 1 saturated heterocycles. The Bertz CT molecular complexity index is 413. The summed E-state index contributed by atoms with van der Waals surface area (Å²) >= 11 is 2.01. The van der Waals surface area contributed by atoms with Crippen LogP contribution < -0.4 is 15.4 Å². The van der Waals surface area contributed by atoms with E-state index in [0.29, 0.717) is 11.8 Å². The average Bonchev–Trinajstić information content (AvgIpc) is 2.81. The SMILES string of the molecule is COc1cccc(N(C)C2(CN)CSC(C)C2)c1. The van der Waals surface area contributed by atoms with Gasteiger partial charge in [-0.3, -0.25) is 0 Å². The highest BCUT2D eigenvalue weighted by Crippen LogP contribution is 2.39. The van der Waals surface area contributed by atoms with Crippen LogP contribution in [0.5, 0.6) is 5.75 Å². The van der Waals surface area contributed by atoms with Crippen molar-refractivity contribution in [2.75, 3.05) is 31.4 Å². The lowest BCUT2D eigenvalue weighted by atomic mass is 9.94. The maximum Gasteiger partial charge on any atom is 0.120 e. The molecule has 1 aromatic carbocycles. The minimum absolute atomic E-state index is 0.0798. The van der Waals surface area contributed by atoms with E-state index in [1.807, 2.05) is 23.9 Å². The van der Waals surface area contributed by atoms with Gasteiger partial charge in [-0.2, -0.15) is 11.8 Å². The van der Waals surface area contributed by atoms with Crippen molar-refractivity contribution in [1.29, 1.82) is 0 Å². The first-order valence-electron chi connectivity index (χ1n) is 6.31.